The molecule has 3 heteroatoms. The minimum absolute atomic E-state index is 0.803. The van der Waals surface area contributed by atoms with Crippen LogP contribution < -0.4 is 4.90 Å². The lowest BCUT2D eigenvalue weighted by Gasteiger charge is -2.27. The standard InChI is InChI=1S/C28H18ClNS/c29-23-15-8-18-26-27(23)22-14-7-17-25(28(22)31-26)30(20-11-2-1-3-12-20)24-16-6-10-19-9-4-5-13-21(19)24/h1-18H. The average molecular weight is 436 g/mol. The highest BCUT2D eigenvalue weighted by atomic mass is 35.5. The van der Waals surface area contributed by atoms with Gasteiger partial charge >= 0.3 is 0 Å². The van der Waals surface area contributed by atoms with Gasteiger partial charge in [-0.3, -0.25) is 0 Å². The van der Waals surface area contributed by atoms with E-state index in [9.17, 15) is 0 Å². The third-order valence-electron chi connectivity index (χ3n) is 5.71. The Morgan fingerprint density at radius 3 is 2.16 bits per heavy atom. The Morgan fingerprint density at radius 1 is 0.581 bits per heavy atom. The Bertz CT molecular complexity index is 1550. The molecule has 1 aromatic heterocycles. The van der Waals surface area contributed by atoms with Gasteiger partial charge < -0.3 is 4.90 Å². The Morgan fingerprint density at radius 2 is 1.26 bits per heavy atom. The molecule has 0 saturated heterocycles. The summed E-state index contributed by atoms with van der Waals surface area (Å²) in [5.74, 6) is 0. The zero-order valence-corrected chi connectivity index (χ0v) is 18.2. The molecule has 0 aliphatic carbocycles. The number of hydrogen-bond acceptors (Lipinski definition) is 2. The fourth-order valence-electron chi connectivity index (χ4n) is 4.35. The zero-order chi connectivity index (χ0) is 20.8. The summed E-state index contributed by atoms with van der Waals surface area (Å²) in [4.78, 5) is 2.37. The Labute approximate surface area is 189 Å². The van der Waals surface area contributed by atoms with Crippen molar-refractivity contribution in [3.63, 3.8) is 0 Å². The molecule has 0 N–H and O–H groups in total. The van der Waals surface area contributed by atoms with E-state index < -0.39 is 0 Å². The van der Waals surface area contributed by atoms with E-state index in [1.807, 2.05) is 12.1 Å². The number of rotatable bonds is 3. The summed E-state index contributed by atoms with van der Waals surface area (Å²) in [6.45, 7) is 0. The fraction of sp³-hybridized carbons (Fsp3) is 0. The number of fused-ring (bicyclic) bond motifs is 4. The third kappa shape index (κ3) is 2.99. The van der Waals surface area contributed by atoms with Crippen LogP contribution in [-0.2, 0) is 0 Å². The lowest BCUT2D eigenvalue weighted by atomic mass is 10.1. The van der Waals surface area contributed by atoms with E-state index in [1.165, 1.54) is 31.2 Å². The highest BCUT2D eigenvalue weighted by molar-refractivity contribution is 7.26. The molecule has 0 bridgehead atoms. The van der Waals surface area contributed by atoms with Crippen LogP contribution in [0.15, 0.2) is 109 Å². The molecule has 0 radical (unpaired) electrons. The van der Waals surface area contributed by atoms with Crippen molar-refractivity contribution in [2.75, 3.05) is 4.90 Å². The molecular weight excluding hydrogens is 418 g/mol. The number of para-hydroxylation sites is 1. The topological polar surface area (TPSA) is 3.24 Å². The first-order chi connectivity index (χ1) is 15.3. The Hall–Kier alpha value is -3.33. The summed E-state index contributed by atoms with van der Waals surface area (Å²) in [7, 11) is 0. The summed E-state index contributed by atoms with van der Waals surface area (Å²) >= 11 is 8.41. The maximum atomic E-state index is 6.61. The number of thiophene rings is 1. The van der Waals surface area contributed by atoms with Crippen molar-refractivity contribution < 1.29 is 0 Å². The molecule has 0 aliphatic heterocycles. The smallest absolute Gasteiger partial charge is 0.0640 e. The number of anilines is 3. The maximum Gasteiger partial charge on any atom is 0.0640 e. The van der Waals surface area contributed by atoms with Gasteiger partial charge in [-0.1, -0.05) is 84.4 Å². The number of benzene rings is 5. The van der Waals surface area contributed by atoms with Gasteiger partial charge in [0.1, 0.15) is 0 Å². The van der Waals surface area contributed by atoms with Crippen LogP contribution in [0.5, 0.6) is 0 Å². The molecule has 6 aromatic rings. The highest BCUT2D eigenvalue weighted by Crippen LogP contribution is 2.47. The minimum atomic E-state index is 0.803. The van der Waals surface area contributed by atoms with Crippen molar-refractivity contribution in [2.45, 2.75) is 0 Å². The molecule has 0 aliphatic rings. The molecule has 0 spiro atoms. The van der Waals surface area contributed by atoms with Crippen LogP contribution in [0.3, 0.4) is 0 Å². The van der Waals surface area contributed by atoms with E-state index in [2.05, 4.69) is 102 Å². The summed E-state index contributed by atoms with van der Waals surface area (Å²) in [6, 6.07) is 38.3. The summed E-state index contributed by atoms with van der Waals surface area (Å²) < 4.78 is 2.45. The van der Waals surface area contributed by atoms with Crippen molar-refractivity contribution in [1.82, 2.24) is 0 Å². The quantitative estimate of drug-likeness (QED) is 0.267. The summed E-state index contributed by atoms with van der Waals surface area (Å²) in [5, 5.41) is 5.59. The van der Waals surface area contributed by atoms with Gasteiger partial charge in [-0.15, -0.1) is 11.3 Å². The largest absolute Gasteiger partial charge is 0.308 e. The van der Waals surface area contributed by atoms with Gasteiger partial charge in [0.2, 0.25) is 0 Å². The second-order valence-corrected chi connectivity index (χ2v) is 9.00. The lowest BCUT2D eigenvalue weighted by Crippen LogP contribution is -2.10. The van der Waals surface area contributed by atoms with E-state index >= 15 is 0 Å². The van der Waals surface area contributed by atoms with E-state index in [0.29, 0.717) is 0 Å². The van der Waals surface area contributed by atoms with Gasteiger partial charge in [-0.2, -0.15) is 0 Å². The molecule has 0 saturated carbocycles. The number of hydrogen-bond donors (Lipinski definition) is 0. The van der Waals surface area contributed by atoms with Crippen LogP contribution in [0, 0.1) is 0 Å². The van der Waals surface area contributed by atoms with Gasteiger partial charge in [0.15, 0.2) is 0 Å². The van der Waals surface area contributed by atoms with Crippen LogP contribution in [0.1, 0.15) is 0 Å². The van der Waals surface area contributed by atoms with Crippen LogP contribution >= 0.6 is 22.9 Å². The van der Waals surface area contributed by atoms with Gasteiger partial charge in [0.05, 0.1) is 16.1 Å². The second kappa shape index (κ2) is 7.42. The molecule has 0 fully saturated rings. The predicted octanol–water partition coefficient (Wildman–Crippen LogP) is 9.33. The summed E-state index contributed by atoms with van der Waals surface area (Å²) in [5.41, 5.74) is 3.47. The van der Waals surface area contributed by atoms with Gasteiger partial charge in [0.25, 0.3) is 0 Å². The Kier molecular flexibility index (Phi) is 4.41. The van der Waals surface area contributed by atoms with Crippen LogP contribution in [0.2, 0.25) is 5.02 Å². The minimum Gasteiger partial charge on any atom is -0.308 e. The number of halogens is 1. The van der Waals surface area contributed by atoms with E-state index in [-0.39, 0.29) is 0 Å². The molecule has 6 rings (SSSR count). The molecule has 0 unspecified atom stereocenters. The first kappa shape index (κ1) is 18.4. The summed E-state index contributed by atoms with van der Waals surface area (Å²) in [6.07, 6.45) is 0. The van der Waals surface area contributed by atoms with E-state index in [4.69, 9.17) is 11.6 Å². The Balaban J connectivity index is 1.71. The molecule has 1 heterocycles. The van der Waals surface area contributed by atoms with Gasteiger partial charge in [0, 0.05) is 31.6 Å². The molecule has 148 valence electrons. The highest BCUT2D eigenvalue weighted by Gasteiger charge is 2.19. The monoisotopic (exact) mass is 435 g/mol. The van der Waals surface area contributed by atoms with Crippen molar-refractivity contribution in [1.29, 1.82) is 0 Å². The van der Waals surface area contributed by atoms with Gasteiger partial charge in [-0.05, 0) is 41.8 Å². The predicted molar refractivity (Wildman–Crippen MR) is 137 cm³/mol. The van der Waals surface area contributed by atoms with Crippen LogP contribution in [0.4, 0.5) is 17.1 Å². The first-order valence-electron chi connectivity index (χ1n) is 10.2. The maximum absolute atomic E-state index is 6.61. The van der Waals surface area contributed by atoms with Crippen molar-refractivity contribution >= 4 is 70.9 Å². The number of nitrogens with zero attached hydrogens (tertiary/aromatic N) is 1. The molecular formula is C28H18ClNS. The normalized spacial score (nSPS) is 11.4. The van der Waals surface area contributed by atoms with E-state index in [1.54, 1.807) is 11.3 Å². The third-order valence-corrected chi connectivity index (χ3v) is 7.22. The molecule has 1 nitrogen and oxygen atoms in total. The van der Waals surface area contributed by atoms with E-state index in [0.717, 1.165) is 21.8 Å². The van der Waals surface area contributed by atoms with Crippen molar-refractivity contribution in [3.8, 4) is 0 Å². The molecule has 31 heavy (non-hydrogen) atoms. The SMILES string of the molecule is Clc1cccc2sc3c(N(c4ccccc4)c4cccc5ccccc45)cccc3c12. The average Bonchev–Trinajstić information content (AvgIpc) is 3.21. The van der Waals surface area contributed by atoms with Crippen LogP contribution in [-0.4, -0.2) is 0 Å². The molecule has 0 atom stereocenters. The van der Waals surface area contributed by atoms with Crippen molar-refractivity contribution in [3.05, 3.63) is 114 Å². The van der Waals surface area contributed by atoms with Crippen LogP contribution in [0.25, 0.3) is 30.9 Å². The van der Waals surface area contributed by atoms with Gasteiger partial charge in [-0.25, -0.2) is 0 Å². The zero-order valence-electron chi connectivity index (χ0n) is 16.6. The fourth-order valence-corrected chi connectivity index (χ4v) is 5.92. The second-order valence-electron chi connectivity index (χ2n) is 7.54. The van der Waals surface area contributed by atoms with Crippen molar-refractivity contribution in [2.24, 2.45) is 0 Å². The lowest BCUT2D eigenvalue weighted by molar-refractivity contribution is 1.32. The first-order valence-corrected chi connectivity index (χ1v) is 11.4. The molecule has 5 aromatic carbocycles. The molecule has 0 amide bonds.